The van der Waals surface area contributed by atoms with Gasteiger partial charge >= 0.3 is 5.69 Å². The van der Waals surface area contributed by atoms with E-state index in [-0.39, 0.29) is 23.7 Å². The topological polar surface area (TPSA) is 92.0 Å². The molecule has 1 fully saturated rings. The molecule has 3 aromatic rings. The van der Waals surface area contributed by atoms with Crippen molar-refractivity contribution in [3.05, 3.63) is 62.8 Å². The van der Waals surface area contributed by atoms with Crippen LogP contribution in [0.4, 0.5) is 8.78 Å². The van der Waals surface area contributed by atoms with E-state index in [0.29, 0.717) is 54.9 Å². The monoisotopic (exact) mass is 517 g/mol. The predicted molar refractivity (Wildman–Crippen MR) is 133 cm³/mol. The lowest BCUT2D eigenvalue weighted by Crippen LogP contribution is -2.42. The Hall–Kier alpha value is -3.89. The van der Waals surface area contributed by atoms with Crippen molar-refractivity contribution >= 4 is 17.3 Å². The molecule has 0 radical (unpaired) electrons. The number of aromatic nitrogens is 2. The van der Waals surface area contributed by atoms with E-state index in [0.717, 1.165) is 11.0 Å². The number of nitrogens with zero attached hydrogens (tertiary/aromatic N) is 3. The smallest absolute Gasteiger partial charge is 0.332 e. The van der Waals surface area contributed by atoms with E-state index >= 15 is 0 Å². The lowest BCUT2D eigenvalue weighted by Gasteiger charge is -2.22. The third-order valence-electron chi connectivity index (χ3n) is 6.55. The molecule has 0 bridgehead atoms. The van der Waals surface area contributed by atoms with Crippen LogP contribution in [0.3, 0.4) is 0 Å². The summed E-state index contributed by atoms with van der Waals surface area (Å²) in [5.41, 5.74) is -0.0110. The maximum atomic E-state index is 13.8. The Morgan fingerprint density at radius 1 is 1.03 bits per heavy atom. The van der Waals surface area contributed by atoms with Crippen molar-refractivity contribution in [2.45, 2.75) is 38.3 Å². The molecule has 1 atom stereocenters. The fraction of sp³-hybridized carbons (Fsp3) is 0.423. The summed E-state index contributed by atoms with van der Waals surface area (Å²) in [6, 6.07) is 9.29. The molecular weight excluding hydrogens is 488 g/mol. The molecule has 0 N–H and O–H groups in total. The zero-order chi connectivity index (χ0) is 26.5. The molecule has 1 amide bonds. The van der Waals surface area contributed by atoms with Crippen molar-refractivity contribution in [2.75, 3.05) is 33.9 Å². The second-order valence-electron chi connectivity index (χ2n) is 8.84. The average molecular weight is 518 g/mol. The van der Waals surface area contributed by atoms with Crippen LogP contribution in [-0.4, -0.2) is 60.8 Å². The lowest BCUT2D eigenvalue weighted by atomic mass is 10.1. The van der Waals surface area contributed by atoms with Crippen molar-refractivity contribution in [2.24, 2.45) is 0 Å². The Morgan fingerprint density at radius 3 is 2.51 bits per heavy atom. The van der Waals surface area contributed by atoms with E-state index in [1.165, 1.54) is 26.4 Å². The highest BCUT2D eigenvalue weighted by molar-refractivity contribution is 5.80. The van der Waals surface area contributed by atoms with E-state index < -0.39 is 24.3 Å². The summed E-state index contributed by atoms with van der Waals surface area (Å²) in [4.78, 5) is 40.3. The Labute approximate surface area is 211 Å². The number of fused-ring (bicyclic) bond motifs is 1. The lowest BCUT2D eigenvalue weighted by molar-refractivity contribution is -0.118. The van der Waals surface area contributed by atoms with E-state index in [9.17, 15) is 23.2 Å². The van der Waals surface area contributed by atoms with Gasteiger partial charge < -0.3 is 19.1 Å². The number of rotatable bonds is 9. The predicted octanol–water partition coefficient (Wildman–Crippen LogP) is 3.06. The maximum Gasteiger partial charge on any atom is 0.332 e. The number of hydrogen-bond acceptors (Lipinski definition) is 6. The second kappa shape index (κ2) is 11.4. The molecule has 1 aliphatic heterocycles. The first kappa shape index (κ1) is 26.2. The van der Waals surface area contributed by atoms with Crippen LogP contribution >= 0.6 is 0 Å². The second-order valence-corrected chi connectivity index (χ2v) is 8.84. The molecule has 1 saturated heterocycles. The van der Waals surface area contributed by atoms with Crippen molar-refractivity contribution in [1.82, 2.24) is 14.0 Å². The Kier molecular flexibility index (Phi) is 8.10. The summed E-state index contributed by atoms with van der Waals surface area (Å²) in [6.45, 7) is 0.217. The number of amides is 1. The molecule has 37 heavy (non-hydrogen) atoms. The standard InChI is InChI=1S/C26H29F2N3O6/c1-35-22-8-5-17(12-23(22)36-2)14-30-25(33)20-13-19(37-15-24(27)28)6-7-21(20)31(26(30)34)18-4-3-10-29(16-32)11-9-18/h5-8,12-13,16,18,24H,3-4,9-11,14-15H2,1-2H3. The van der Waals surface area contributed by atoms with Gasteiger partial charge in [-0.2, -0.15) is 0 Å². The van der Waals surface area contributed by atoms with E-state index in [1.807, 2.05) is 0 Å². The third-order valence-corrected chi connectivity index (χ3v) is 6.55. The van der Waals surface area contributed by atoms with Gasteiger partial charge in [-0.15, -0.1) is 0 Å². The Morgan fingerprint density at radius 2 is 1.81 bits per heavy atom. The molecule has 0 spiro atoms. The summed E-state index contributed by atoms with van der Waals surface area (Å²) < 4.78 is 43.9. The first-order valence-electron chi connectivity index (χ1n) is 12.0. The first-order chi connectivity index (χ1) is 17.9. The normalized spacial score (nSPS) is 16.0. The number of alkyl halides is 2. The molecule has 0 saturated carbocycles. The highest BCUT2D eigenvalue weighted by Gasteiger charge is 2.24. The van der Waals surface area contributed by atoms with E-state index in [2.05, 4.69) is 0 Å². The zero-order valence-corrected chi connectivity index (χ0v) is 20.7. The molecule has 1 unspecified atom stereocenters. The van der Waals surface area contributed by atoms with Crippen LogP contribution in [0.25, 0.3) is 10.9 Å². The van der Waals surface area contributed by atoms with Crippen LogP contribution in [0.15, 0.2) is 46.0 Å². The third kappa shape index (κ3) is 5.60. The molecule has 9 nitrogen and oxygen atoms in total. The van der Waals surface area contributed by atoms with Gasteiger partial charge in [0, 0.05) is 19.1 Å². The number of methoxy groups -OCH3 is 2. The molecule has 2 aromatic carbocycles. The SMILES string of the molecule is COc1ccc(Cn2c(=O)c3cc(OCC(F)F)ccc3n(C3CCCN(C=O)CC3)c2=O)cc1OC. The molecule has 4 rings (SSSR count). The molecule has 1 aromatic heterocycles. The van der Waals surface area contributed by atoms with Gasteiger partial charge in [0.25, 0.3) is 12.0 Å². The van der Waals surface area contributed by atoms with Gasteiger partial charge in [-0.25, -0.2) is 13.6 Å². The molecular formula is C26H29F2N3O6. The van der Waals surface area contributed by atoms with Crippen molar-refractivity contribution in [3.8, 4) is 17.2 Å². The van der Waals surface area contributed by atoms with Crippen LogP contribution < -0.4 is 25.5 Å². The number of carbonyl (C=O) groups excluding carboxylic acids is 1. The van der Waals surface area contributed by atoms with E-state index in [4.69, 9.17) is 14.2 Å². The van der Waals surface area contributed by atoms with Crippen molar-refractivity contribution in [3.63, 3.8) is 0 Å². The molecule has 198 valence electrons. The largest absolute Gasteiger partial charge is 0.493 e. The minimum Gasteiger partial charge on any atom is -0.493 e. The van der Waals surface area contributed by atoms with Crippen molar-refractivity contribution < 1.29 is 27.8 Å². The number of hydrogen-bond donors (Lipinski definition) is 0. The van der Waals surface area contributed by atoms with Gasteiger partial charge in [0.05, 0.1) is 31.7 Å². The number of carbonyl (C=O) groups is 1. The number of halogens is 2. The minimum atomic E-state index is -2.67. The fourth-order valence-electron chi connectivity index (χ4n) is 4.73. The van der Waals surface area contributed by atoms with Gasteiger partial charge in [0.1, 0.15) is 12.4 Å². The average Bonchev–Trinajstić information content (AvgIpc) is 3.15. The molecule has 11 heteroatoms. The van der Waals surface area contributed by atoms with Gasteiger partial charge in [-0.05, 0) is 55.2 Å². The van der Waals surface area contributed by atoms with Crippen LogP contribution in [0, 0.1) is 0 Å². The molecule has 0 aliphatic carbocycles. The highest BCUT2D eigenvalue weighted by atomic mass is 19.3. The highest BCUT2D eigenvalue weighted by Crippen LogP contribution is 2.29. The fourth-order valence-corrected chi connectivity index (χ4v) is 4.73. The van der Waals surface area contributed by atoms with E-state index in [1.54, 1.807) is 33.7 Å². The number of likely N-dealkylation sites (tertiary alicyclic amines) is 1. The Bertz CT molecular complexity index is 1390. The summed E-state index contributed by atoms with van der Waals surface area (Å²) >= 11 is 0. The minimum absolute atomic E-state index is 0.0384. The zero-order valence-electron chi connectivity index (χ0n) is 20.7. The van der Waals surface area contributed by atoms with Crippen LogP contribution in [0.2, 0.25) is 0 Å². The maximum absolute atomic E-state index is 13.8. The summed E-state index contributed by atoms with van der Waals surface area (Å²) in [5.74, 6) is 1.07. The van der Waals surface area contributed by atoms with Crippen LogP contribution in [-0.2, 0) is 11.3 Å². The number of ether oxygens (including phenoxy) is 3. The van der Waals surface area contributed by atoms with Crippen LogP contribution in [0.1, 0.15) is 30.9 Å². The number of benzene rings is 2. The summed E-state index contributed by atoms with van der Waals surface area (Å²) in [5, 5.41) is 0.184. The molecule has 1 aliphatic rings. The van der Waals surface area contributed by atoms with Gasteiger partial charge in [-0.1, -0.05) is 6.07 Å². The Balaban J connectivity index is 1.86. The van der Waals surface area contributed by atoms with Gasteiger partial charge in [0.15, 0.2) is 11.5 Å². The first-order valence-corrected chi connectivity index (χ1v) is 12.0. The molecule has 2 heterocycles. The van der Waals surface area contributed by atoms with Crippen molar-refractivity contribution in [1.29, 1.82) is 0 Å². The summed E-state index contributed by atoms with van der Waals surface area (Å²) in [7, 11) is 3.00. The van der Waals surface area contributed by atoms with Gasteiger partial charge in [0.2, 0.25) is 6.41 Å². The quantitative estimate of drug-likeness (QED) is 0.405. The van der Waals surface area contributed by atoms with Gasteiger partial charge in [-0.3, -0.25) is 18.7 Å². The summed E-state index contributed by atoms with van der Waals surface area (Å²) in [6.07, 6.45) is -0.00265. The van der Waals surface area contributed by atoms with Crippen LogP contribution in [0.5, 0.6) is 17.2 Å².